The van der Waals surface area contributed by atoms with E-state index in [2.05, 4.69) is 5.32 Å². The van der Waals surface area contributed by atoms with E-state index in [4.69, 9.17) is 18.9 Å². The molecule has 130 valence electrons. The number of benzene rings is 1. The summed E-state index contributed by atoms with van der Waals surface area (Å²) >= 11 is 0. The molecule has 0 aromatic heterocycles. The standard InChI is InChI=1S/C17H21NO6/c1-21-13-7-6-11(9-14(13)22-2)15(17(20)23-3)18-16(19)12-5-4-8-24-10-12/h6-7,9-10,15H,4-5,8H2,1-3H3,(H,18,19)/t15-/m1/s1. The lowest BCUT2D eigenvalue weighted by Crippen LogP contribution is -2.35. The molecular weight excluding hydrogens is 314 g/mol. The van der Waals surface area contributed by atoms with E-state index in [-0.39, 0.29) is 5.91 Å². The molecule has 0 saturated carbocycles. The van der Waals surface area contributed by atoms with Crippen molar-refractivity contribution < 1.29 is 28.5 Å². The summed E-state index contributed by atoms with van der Waals surface area (Å²) in [7, 11) is 4.29. The van der Waals surface area contributed by atoms with Crippen molar-refractivity contribution in [2.45, 2.75) is 18.9 Å². The fourth-order valence-corrected chi connectivity index (χ4v) is 2.38. The highest BCUT2D eigenvalue weighted by molar-refractivity contribution is 5.96. The summed E-state index contributed by atoms with van der Waals surface area (Å²) in [5, 5.41) is 2.68. The van der Waals surface area contributed by atoms with Crippen molar-refractivity contribution in [1.82, 2.24) is 5.32 Å². The molecule has 1 aromatic carbocycles. The maximum atomic E-state index is 12.4. The predicted octanol–water partition coefficient (Wildman–Crippen LogP) is 1.73. The fraction of sp³-hybridized carbons (Fsp3) is 0.412. The molecule has 0 unspecified atom stereocenters. The van der Waals surface area contributed by atoms with Crippen LogP contribution in [0.1, 0.15) is 24.4 Å². The monoisotopic (exact) mass is 335 g/mol. The van der Waals surface area contributed by atoms with Crippen molar-refractivity contribution in [1.29, 1.82) is 0 Å². The molecule has 7 nitrogen and oxygen atoms in total. The van der Waals surface area contributed by atoms with Crippen LogP contribution in [-0.4, -0.2) is 39.8 Å². The van der Waals surface area contributed by atoms with E-state index in [1.165, 1.54) is 27.6 Å². The van der Waals surface area contributed by atoms with E-state index in [9.17, 15) is 9.59 Å². The first-order valence-electron chi connectivity index (χ1n) is 7.52. The zero-order chi connectivity index (χ0) is 17.5. The molecule has 1 atom stereocenters. The van der Waals surface area contributed by atoms with Crippen LogP contribution in [0.4, 0.5) is 0 Å². The van der Waals surface area contributed by atoms with Gasteiger partial charge in [-0.25, -0.2) is 4.79 Å². The van der Waals surface area contributed by atoms with Crippen molar-refractivity contribution in [3.8, 4) is 11.5 Å². The van der Waals surface area contributed by atoms with Crippen molar-refractivity contribution in [3.63, 3.8) is 0 Å². The molecule has 1 aliphatic heterocycles. The van der Waals surface area contributed by atoms with Gasteiger partial charge in [-0.1, -0.05) is 6.07 Å². The van der Waals surface area contributed by atoms with Gasteiger partial charge in [-0.05, 0) is 30.5 Å². The van der Waals surface area contributed by atoms with Crippen molar-refractivity contribution in [2.75, 3.05) is 27.9 Å². The second-order valence-corrected chi connectivity index (χ2v) is 5.16. The van der Waals surface area contributed by atoms with Crippen LogP contribution in [0.2, 0.25) is 0 Å². The lowest BCUT2D eigenvalue weighted by atomic mass is 10.0. The molecule has 7 heteroatoms. The highest BCUT2D eigenvalue weighted by atomic mass is 16.5. The molecule has 0 spiro atoms. The first-order chi connectivity index (χ1) is 11.6. The SMILES string of the molecule is COC(=O)[C@H](NC(=O)C1=COCCC1)c1ccc(OC)c(OC)c1. The molecule has 0 fully saturated rings. The first-order valence-corrected chi connectivity index (χ1v) is 7.52. The Hall–Kier alpha value is -2.70. The van der Waals surface area contributed by atoms with Crippen LogP contribution in [0.3, 0.4) is 0 Å². The van der Waals surface area contributed by atoms with Gasteiger partial charge in [0, 0.05) is 0 Å². The Labute approximate surface area is 140 Å². The van der Waals surface area contributed by atoms with E-state index in [0.717, 1.165) is 6.42 Å². The third-order valence-electron chi connectivity index (χ3n) is 3.68. The van der Waals surface area contributed by atoms with Gasteiger partial charge in [0.05, 0.1) is 39.8 Å². The van der Waals surface area contributed by atoms with E-state index in [1.807, 2.05) is 0 Å². The largest absolute Gasteiger partial charge is 0.501 e. The number of carbonyl (C=O) groups excluding carboxylic acids is 2. The highest BCUT2D eigenvalue weighted by Gasteiger charge is 2.26. The molecule has 0 aliphatic carbocycles. The number of amides is 1. The zero-order valence-electron chi connectivity index (χ0n) is 14.0. The normalized spacial score (nSPS) is 14.7. The van der Waals surface area contributed by atoms with Gasteiger partial charge in [0.25, 0.3) is 5.91 Å². The second-order valence-electron chi connectivity index (χ2n) is 5.16. The van der Waals surface area contributed by atoms with Crippen LogP contribution in [0, 0.1) is 0 Å². The van der Waals surface area contributed by atoms with Crippen LogP contribution in [0.15, 0.2) is 30.0 Å². The number of nitrogens with one attached hydrogen (secondary N) is 1. The Balaban J connectivity index is 2.27. The molecule has 0 bridgehead atoms. The summed E-state index contributed by atoms with van der Waals surface area (Å²) in [5.41, 5.74) is 1.03. The summed E-state index contributed by atoms with van der Waals surface area (Å²) in [6.45, 7) is 0.590. The minimum atomic E-state index is -0.954. The Morgan fingerprint density at radius 1 is 1.17 bits per heavy atom. The number of esters is 1. The summed E-state index contributed by atoms with van der Waals surface area (Å²) < 4.78 is 20.4. The van der Waals surface area contributed by atoms with Gasteiger partial charge < -0.3 is 24.3 Å². The van der Waals surface area contributed by atoms with E-state index in [0.29, 0.717) is 35.7 Å². The van der Waals surface area contributed by atoms with Gasteiger partial charge in [-0.3, -0.25) is 4.79 Å². The quantitative estimate of drug-likeness (QED) is 0.797. The lowest BCUT2D eigenvalue weighted by Gasteiger charge is -2.20. The number of carbonyl (C=O) groups is 2. The molecule has 0 saturated heterocycles. The number of hydrogen-bond acceptors (Lipinski definition) is 6. The van der Waals surface area contributed by atoms with Gasteiger partial charge in [-0.2, -0.15) is 0 Å². The highest BCUT2D eigenvalue weighted by Crippen LogP contribution is 2.30. The molecule has 1 heterocycles. The molecule has 2 rings (SSSR count). The summed E-state index contributed by atoms with van der Waals surface area (Å²) in [5.74, 6) is 0.0470. The van der Waals surface area contributed by atoms with Gasteiger partial charge >= 0.3 is 5.97 Å². The van der Waals surface area contributed by atoms with Crippen molar-refractivity contribution in [3.05, 3.63) is 35.6 Å². The van der Waals surface area contributed by atoms with E-state index >= 15 is 0 Å². The fourth-order valence-electron chi connectivity index (χ4n) is 2.38. The molecule has 24 heavy (non-hydrogen) atoms. The van der Waals surface area contributed by atoms with Crippen LogP contribution in [0.25, 0.3) is 0 Å². The van der Waals surface area contributed by atoms with Crippen LogP contribution < -0.4 is 14.8 Å². The molecule has 1 aromatic rings. The molecular formula is C17H21NO6. The minimum absolute atomic E-state index is 0.361. The van der Waals surface area contributed by atoms with Gasteiger partial charge in [0.1, 0.15) is 0 Å². The van der Waals surface area contributed by atoms with Crippen LogP contribution >= 0.6 is 0 Å². The third kappa shape index (κ3) is 3.98. The summed E-state index contributed by atoms with van der Waals surface area (Å²) in [4.78, 5) is 24.5. The van der Waals surface area contributed by atoms with Gasteiger partial charge in [0.15, 0.2) is 17.5 Å². The predicted molar refractivity (Wildman–Crippen MR) is 85.7 cm³/mol. The number of hydrogen-bond donors (Lipinski definition) is 1. The average Bonchev–Trinajstić information content (AvgIpc) is 2.65. The Morgan fingerprint density at radius 2 is 1.92 bits per heavy atom. The zero-order valence-corrected chi connectivity index (χ0v) is 14.0. The molecule has 1 amide bonds. The minimum Gasteiger partial charge on any atom is -0.501 e. The van der Waals surface area contributed by atoms with Crippen LogP contribution in [0.5, 0.6) is 11.5 Å². The Kier molecular flexibility index (Phi) is 6.06. The molecule has 0 radical (unpaired) electrons. The third-order valence-corrected chi connectivity index (χ3v) is 3.68. The molecule has 1 N–H and O–H groups in total. The second kappa shape index (κ2) is 8.24. The molecule has 1 aliphatic rings. The number of methoxy groups -OCH3 is 3. The summed E-state index contributed by atoms with van der Waals surface area (Å²) in [6.07, 6.45) is 2.80. The topological polar surface area (TPSA) is 83.1 Å². The summed E-state index contributed by atoms with van der Waals surface area (Å²) in [6, 6.07) is 4.02. The van der Waals surface area contributed by atoms with Gasteiger partial charge in [0.2, 0.25) is 0 Å². The van der Waals surface area contributed by atoms with E-state index < -0.39 is 12.0 Å². The maximum Gasteiger partial charge on any atom is 0.333 e. The average molecular weight is 335 g/mol. The first kappa shape index (κ1) is 17.7. The number of rotatable bonds is 6. The van der Waals surface area contributed by atoms with E-state index in [1.54, 1.807) is 18.2 Å². The van der Waals surface area contributed by atoms with Crippen LogP contribution in [-0.2, 0) is 19.1 Å². The van der Waals surface area contributed by atoms with Crippen molar-refractivity contribution in [2.24, 2.45) is 0 Å². The Bertz CT molecular complexity index is 640. The lowest BCUT2D eigenvalue weighted by molar-refractivity contribution is -0.145. The Morgan fingerprint density at radius 3 is 2.50 bits per heavy atom. The van der Waals surface area contributed by atoms with Gasteiger partial charge in [-0.15, -0.1) is 0 Å². The maximum absolute atomic E-state index is 12.4. The number of ether oxygens (including phenoxy) is 4. The van der Waals surface area contributed by atoms with Crippen molar-refractivity contribution >= 4 is 11.9 Å². The smallest absolute Gasteiger partial charge is 0.333 e.